The third kappa shape index (κ3) is 5.95. The Bertz CT molecular complexity index is 681. The number of piperidine rings is 2. The largest absolute Gasteiger partial charge is 0.352 e. The number of carbonyl (C=O) groups excluding carboxylic acids is 2. The van der Waals surface area contributed by atoms with Crippen molar-refractivity contribution in [3.05, 3.63) is 35.4 Å². The second-order valence-corrected chi connectivity index (χ2v) is 8.79. The molecular formula is C23H36N4O2. The fraction of sp³-hybridized carbons (Fsp3) is 0.652. The number of hydrogen-bond acceptors (Lipinski definition) is 3. The van der Waals surface area contributed by atoms with Gasteiger partial charge in [0.2, 0.25) is 5.91 Å². The number of nitrogens with zero attached hydrogens (tertiary/aromatic N) is 3. The van der Waals surface area contributed by atoms with Crippen LogP contribution in [0.15, 0.2) is 24.3 Å². The summed E-state index contributed by atoms with van der Waals surface area (Å²) in [6, 6.07) is 9.33. The van der Waals surface area contributed by atoms with Gasteiger partial charge < -0.3 is 15.1 Å². The maximum absolute atomic E-state index is 12.5. The van der Waals surface area contributed by atoms with Crippen LogP contribution in [0.5, 0.6) is 0 Å². The van der Waals surface area contributed by atoms with Crippen LogP contribution in [0.4, 0.5) is 4.79 Å². The zero-order chi connectivity index (χ0) is 20.8. The van der Waals surface area contributed by atoms with E-state index in [4.69, 9.17) is 0 Å². The molecule has 1 aromatic rings. The zero-order valence-corrected chi connectivity index (χ0v) is 18.2. The number of amides is 3. The fourth-order valence-corrected chi connectivity index (χ4v) is 4.34. The Morgan fingerprint density at radius 3 is 2.28 bits per heavy atom. The Morgan fingerprint density at radius 1 is 1.00 bits per heavy atom. The molecule has 1 aromatic carbocycles. The number of carbonyl (C=O) groups is 2. The van der Waals surface area contributed by atoms with Crippen molar-refractivity contribution >= 4 is 11.9 Å². The van der Waals surface area contributed by atoms with Crippen molar-refractivity contribution < 1.29 is 9.59 Å². The highest BCUT2D eigenvalue weighted by Crippen LogP contribution is 2.20. The molecule has 2 aliphatic rings. The van der Waals surface area contributed by atoms with Crippen LogP contribution in [0.2, 0.25) is 0 Å². The van der Waals surface area contributed by atoms with E-state index in [1.165, 1.54) is 31.4 Å². The molecule has 2 aliphatic heterocycles. The highest BCUT2D eigenvalue weighted by Gasteiger charge is 2.27. The highest BCUT2D eigenvalue weighted by molar-refractivity contribution is 5.79. The average molecular weight is 401 g/mol. The summed E-state index contributed by atoms with van der Waals surface area (Å²) in [5.41, 5.74) is 2.47. The fourth-order valence-electron chi connectivity index (χ4n) is 4.34. The SMILES string of the molecule is CC1CCCCN1Cc1ccc(CNC(=O)C2CCN(C(=O)N(C)C)CC2)cc1. The minimum atomic E-state index is 0.000995. The predicted octanol–water partition coefficient (Wildman–Crippen LogP) is 3.07. The first kappa shape index (κ1) is 21.6. The van der Waals surface area contributed by atoms with Gasteiger partial charge in [0, 0.05) is 52.2 Å². The summed E-state index contributed by atoms with van der Waals surface area (Å²) in [7, 11) is 3.53. The van der Waals surface area contributed by atoms with Gasteiger partial charge >= 0.3 is 6.03 Å². The number of hydrogen-bond donors (Lipinski definition) is 1. The average Bonchev–Trinajstić information content (AvgIpc) is 2.74. The number of urea groups is 1. The van der Waals surface area contributed by atoms with E-state index in [0.29, 0.717) is 25.7 Å². The van der Waals surface area contributed by atoms with Gasteiger partial charge in [0.05, 0.1) is 0 Å². The van der Waals surface area contributed by atoms with Crippen molar-refractivity contribution in [2.45, 2.75) is 58.2 Å². The molecule has 3 amide bonds. The van der Waals surface area contributed by atoms with E-state index in [1.807, 2.05) is 4.90 Å². The van der Waals surface area contributed by atoms with Gasteiger partial charge in [-0.05, 0) is 50.3 Å². The molecule has 0 spiro atoms. The first-order valence-corrected chi connectivity index (χ1v) is 11.0. The molecule has 0 aromatic heterocycles. The lowest BCUT2D eigenvalue weighted by molar-refractivity contribution is -0.126. The zero-order valence-electron chi connectivity index (χ0n) is 18.2. The van der Waals surface area contributed by atoms with Crippen molar-refractivity contribution in [3.8, 4) is 0 Å². The van der Waals surface area contributed by atoms with Gasteiger partial charge in [-0.3, -0.25) is 9.69 Å². The van der Waals surface area contributed by atoms with Crippen molar-refractivity contribution in [2.75, 3.05) is 33.7 Å². The van der Waals surface area contributed by atoms with Crippen molar-refractivity contribution in [2.24, 2.45) is 5.92 Å². The molecule has 1 atom stereocenters. The van der Waals surface area contributed by atoms with E-state index in [-0.39, 0.29) is 17.9 Å². The topological polar surface area (TPSA) is 55.9 Å². The van der Waals surface area contributed by atoms with E-state index in [2.05, 4.69) is 41.4 Å². The van der Waals surface area contributed by atoms with Crippen molar-refractivity contribution in [1.29, 1.82) is 0 Å². The summed E-state index contributed by atoms with van der Waals surface area (Å²) in [5.74, 6) is 0.106. The Labute approximate surface area is 175 Å². The number of rotatable bonds is 5. The van der Waals surface area contributed by atoms with Crippen LogP contribution in [-0.2, 0) is 17.9 Å². The second-order valence-electron chi connectivity index (χ2n) is 8.79. The standard InChI is InChI=1S/C23H36N4O2/c1-18-6-4-5-13-27(18)17-20-9-7-19(8-10-20)16-24-22(28)21-11-14-26(15-12-21)23(29)25(2)3/h7-10,18,21H,4-6,11-17H2,1-3H3,(H,24,28). The molecule has 0 radical (unpaired) electrons. The molecule has 6 nitrogen and oxygen atoms in total. The maximum atomic E-state index is 12.5. The summed E-state index contributed by atoms with van der Waals surface area (Å²) in [6.07, 6.45) is 5.42. The Hall–Kier alpha value is -2.08. The lowest BCUT2D eigenvalue weighted by Crippen LogP contribution is -2.46. The van der Waals surface area contributed by atoms with Crippen LogP contribution in [0.3, 0.4) is 0 Å². The summed E-state index contributed by atoms with van der Waals surface area (Å²) >= 11 is 0. The second kappa shape index (κ2) is 10.1. The smallest absolute Gasteiger partial charge is 0.319 e. The van der Waals surface area contributed by atoms with E-state index in [9.17, 15) is 9.59 Å². The van der Waals surface area contributed by atoms with E-state index in [0.717, 1.165) is 24.9 Å². The lowest BCUT2D eigenvalue weighted by Gasteiger charge is -2.33. The van der Waals surface area contributed by atoms with Gasteiger partial charge in [-0.15, -0.1) is 0 Å². The third-order valence-corrected chi connectivity index (χ3v) is 6.33. The number of likely N-dealkylation sites (tertiary alicyclic amines) is 2. The number of benzene rings is 1. The molecule has 2 heterocycles. The molecule has 1 N–H and O–H groups in total. The minimum absolute atomic E-state index is 0.000995. The van der Waals surface area contributed by atoms with Gasteiger partial charge in [-0.2, -0.15) is 0 Å². The van der Waals surface area contributed by atoms with E-state index < -0.39 is 0 Å². The Morgan fingerprint density at radius 2 is 1.66 bits per heavy atom. The minimum Gasteiger partial charge on any atom is -0.352 e. The van der Waals surface area contributed by atoms with Crippen LogP contribution in [0.25, 0.3) is 0 Å². The Kier molecular flexibility index (Phi) is 7.53. The molecule has 2 saturated heterocycles. The molecule has 0 saturated carbocycles. The van der Waals surface area contributed by atoms with E-state index >= 15 is 0 Å². The quantitative estimate of drug-likeness (QED) is 0.826. The highest BCUT2D eigenvalue weighted by atomic mass is 16.2. The molecule has 6 heteroatoms. The van der Waals surface area contributed by atoms with Crippen LogP contribution in [0, 0.1) is 5.92 Å². The monoisotopic (exact) mass is 400 g/mol. The van der Waals surface area contributed by atoms with Crippen LogP contribution < -0.4 is 5.32 Å². The normalized spacial score (nSPS) is 21.1. The molecule has 3 rings (SSSR count). The van der Waals surface area contributed by atoms with E-state index in [1.54, 1.807) is 19.0 Å². The molecule has 0 bridgehead atoms. The Balaban J connectivity index is 1.42. The molecule has 0 aliphatic carbocycles. The van der Waals surface area contributed by atoms with Crippen LogP contribution in [0.1, 0.15) is 50.2 Å². The summed E-state index contributed by atoms with van der Waals surface area (Å²) < 4.78 is 0. The molecule has 160 valence electrons. The summed E-state index contributed by atoms with van der Waals surface area (Å²) in [6.45, 7) is 6.40. The van der Waals surface area contributed by atoms with Crippen LogP contribution >= 0.6 is 0 Å². The number of nitrogens with one attached hydrogen (secondary N) is 1. The third-order valence-electron chi connectivity index (χ3n) is 6.33. The maximum Gasteiger partial charge on any atom is 0.319 e. The summed E-state index contributed by atoms with van der Waals surface area (Å²) in [4.78, 5) is 30.5. The summed E-state index contributed by atoms with van der Waals surface area (Å²) in [5, 5.41) is 3.08. The first-order chi connectivity index (χ1) is 13.9. The van der Waals surface area contributed by atoms with Gasteiger partial charge in [0.1, 0.15) is 0 Å². The molecule has 29 heavy (non-hydrogen) atoms. The van der Waals surface area contributed by atoms with Crippen molar-refractivity contribution in [3.63, 3.8) is 0 Å². The lowest BCUT2D eigenvalue weighted by atomic mass is 9.96. The van der Waals surface area contributed by atoms with Crippen LogP contribution in [-0.4, -0.2) is 66.4 Å². The predicted molar refractivity (Wildman–Crippen MR) is 115 cm³/mol. The van der Waals surface area contributed by atoms with Gasteiger partial charge in [0.25, 0.3) is 0 Å². The first-order valence-electron chi connectivity index (χ1n) is 11.0. The van der Waals surface area contributed by atoms with Gasteiger partial charge in [-0.25, -0.2) is 4.79 Å². The molecule has 2 fully saturated rings. The van der Waals surface area contributed by atoms with Crippen molar-refractivity contribution in [1.82, 2.24) is 20.0 Å². The molecular weight excluding hydrogens is 364 g/mol. The van der Waals surface area contributed by atoms with Gasteiger partial charge in [0.15, 0.2) is 0 Å². The molecule has 1 unspecified atom stereocenters. The van der Waals surface area contributed by atoms with Gasteiger partial charge in [-0.1, -0.05) is 30.7 Å².